The molecule has 18 heavy (non-hydrogen) atoms. The minimum Gasteiger partial charge on any atom is -0.478 e. The number of hydrogen-bond donors (Lipinski definition) is 2. The quantitative estimate of drug-likeness (QED) is 0.819. The van der Waals surface area contributed by atoms with Gasteiger partial charge in [-0.2, -0.15) is 0 Å². The van der Waals surface area contributed by atoms with E-state index in [1.54, 1.807) is 18.2 Å². The highest BCUT2D eigenvalue weighted by Crippen LogP contribution is 2.34. The summed E-state index contributed by atoms with van der Waals surface area (Å²) >= 11 is 0. The summed E-state index contributed by atoms with van der Waals surface area (Å²) in [5.41, 5.74) is 0.639. The zero-order valence-electron chi connectivity index (χ0n) is 10.2. The number of carbonyl (C=O) groups excluding carboxylic acids is 1. The molecule has 2 N–H and O–H groups in total. The van der Waals surface area contributed by atoms with E-state index in [-0.39, 0.29) is 19.1 Å². The normalized spacial score (nSPS) is 20.3. The van der Waals surface area contributed by atoms with Crippen LogP contribution < -0.4 is 9.64 Å². The van der Waals surface area contributed by atoms with Gasteiger partial charge in [0.05, 0.1) is 24.9 Å². The Labute approximate surface area is 106 Å². The highest BCUT2D eigenvalue weighted by Gasteiger charge is 2.33. The number of ether oxygens (including phenoxy) is 1. The van der Waals surface area contributed by atoms with Crippen LogP contribution in [0.1, 0.15) is 13.3 Å². The Balaban J connectivity index is 2.32. The maximum Gasteiger partial charge on any atom is 0.268 e. The van der Waals surface area contributed by atoms with E-state index in [1.165, 1.54) is 4.90 Å². The Hall–Kier alpha value is -1.59. The van der Waals surface area contributed by atoms with Gasteiger partial charge < -0.3 is 19.8 Å². The van der Waals surface area contributed by atoms with Crippen molar-refractivity contribution in [3.63, 3.8) is 0 Å². The molecule has 5 nitrogen and oxygen atoms in total. The van der Waals surface area contributed by atoms with Crippen molar-refractivity contribution in [2.45, 2.75) is 25.6 Å². The second-order valence-corrected chi connectivity index (χ2v) is 4.27. The van der Waals surface area contributed by atoms with E-state index in [0.29, 0.717) is 17.9 Å². The summed E-state index contributed by atoms with van der Waals surface area (Å²) in [6.45, 7) is 1.58. The van der Waals surface area contributed by atoms with Gasteiger partial charge in [-0.05, 0) is 18.6 Å². The minimum atomic E-state index is -0.947. The predicted octanol–water partition coefficient (Wildman–Crippen LogP) is 0.544. The van der Waals surface area contributed by atoms with Gasteiger partial charge >= 0.3 is 0 Å². The standard InChI is InChI=1S/C13H17NO4/c1-2-11-13(17)14(7-9(16)8-15)10-5-3-4-6-12(10)18-11/h3-6,9,11,15-16H,2,7-8H2,1H3. The highest BCUT2D eigenvalue weighted by atomic mass is 16.5. The lowest BCUT2D eigenvalue weighted by atomic mass is 10.1. The fourth-order valence-corrected chi connectivity index (χ4v) is 1.99. The molecule has 1 heterocycles. The first-order chi connectivity index (χ1) is 8.67. The molecule has 0 saturated heterocycles. The lowest BCUT2D eigenvalue weighted by molar-refractivity contribution is -0.126. The number of rotatable bonds is 4. The van der Waals surface area contributed by atoms with Crippen molar-refractivity contribution in [2.24, 2.45) is 0 Å². The second kappa shape index (κ2) is 5.37. The Bertz CT molecular complexity index is 435. The Kier molecular flexibility index (Phi) is 3.84. The summed E-state index contributed by atoms with van der Waals surface area (Å²) in [5, 5.41) is 18.4. The van der Waals surface area contributed by atoms with Crippen molar-refractivity contribution in [1.82, 2.24) is 0 Å². The maximum atomic E-state index is 12.2. The van der Waals surface area contributed by atoms with Crippen molar-refractivity contribution < 1.29 is 19.7 Å². The summed E-state index contributed by atoms with van der Waals surface area (Å²) in [6.07, 6.45) is -0.901. The first kappa shape index (κ1) is 12.9. The van der Waals surface area contributed by atoms with Crippen molar-refractivity contribution >= 4 is 11.6 Å². The zero-order chi connectivity index (χ0) is 13.1. The number of anilines is 1. The highest BCUT2D eigenvalue weighted by molar-refractivity contribution is 6.00. The Morgan fingerprint density at radius 2 is 2.17 bits per heavy atom. The summed E-state index contributed by atoms with van der Waals surface area (Å²) in [5.74, 6) is 0.456. The van der Waals surface area contributed by atoms with E-state index in [0.717, 1.165) is 0 Å². The molecule has 0 radical (unpaired) electrons. The molecular formula is C13H17NO4. The molecule has 1 aliphatic heterocycles. The van der Waals surface area contributed by atoms with Crippen molar-refractivity contribution in [3.05, 3.63) is 24.3 Å². The maximum absolute atomic E-state index is 12.2. The molecule has 2 atom stereocenters. The minimum absolute atomic E-state index is 0.0756. The molecule has 5 heteroatoms. The van der Waals surface area contributed by atoms with Crippen molar-refractivity contribution in [2.75, 3.05) is 18.1 Å². The molecule has 2 unspecified atom stereocenters. The van der Waals surface area contributed by atoms with E-state index >= 15 is 0 Å². The molecule has 1 aromatic rings. The lowest BCUT2D eigenvalue weighted by Gasteiger charge is -2.34. The molecule has 0 fully saturated rings. The zero-order valence-corrected chi connectivity index (χ0v) is 10.2. The first-order valence-corrected chi connectivity index (χ1v) is 6.03. The second-order valence-electron chi connectivity index (χ2n) is 4.27. The molecule has 0 spiro atoms. The molecule has 1 amide bonds. The van der Waals surface area contributed by atoms with Gasteiger partial charge in [0.2, 0.25) is 0 Å². The fourth-order valence-electron chi connectivity index (χ4n) is 1.99. The number of aliphatic hydroxyl groups is 2. The number of nitrogens with zero attached hydrogens (tertiary/aromatic N) is 1. The van der Waals surface area contributed by atoms with Crippen LogP contribution in [0.2, 0.25) is 0 Å². The fraction of sp³-hybridized carbons (Fsp3) is 0.462. The van der Waals surface area contributed by atoms with Gasteiger partial charge in [0.1, 0.15) is 5.75 Å². The van der Waals surface area contributed by atoms with Crippen LogP contribution in [0, 0.1) is 0 Å². The van der Waals surface area contributed by atoms with Gasteiger partial charge in [-0.25, -0.2) is 0 Å². The van der Waals surface area contributed by atoms with Gasteiger partial charge in [0.25, 0.3) is 5.91 Å². The first-order valence-electron chi connectivity index (χ1n) is 6.03. The molecule has 0 saturated carbocycles. The van der Waals surface area contributed by atoms with E-state index in [9.17, 15) is 9.90 Å². The number of carbonyl (C=O) groups is 1. The van der Waals surface area contributed by atoms with Gasteiger partial charge in [0, 0.05) is 0 Å². The van der Waals surface area contributed by atoms with Gasteiger partial charge in [-0.1, -0.05) is 19.1 Å². The average Bonchev–Trinajstić information content (AvgIpc) is 2.41. The van der Waals surface area contributed by atoms with E-state index in [2.05, 4.69) is 0 Å². The third-order valence-electron chi connectivity index (χ3n) is 2.94. The SMILES string of the molecule is CCC1Oc2ccccc2N(CC(O)CO)C1=O. The third-order valence-corrected chi connectivity index (χ3v) is 2.94. The molecule has 1 aliphatic rings. The molecule has 98 valence electrons. The largest absolute Gasteiger partial charge is 0.478 e. The molecule has 0 aromatic heterocycles. The molecule has 2 rings (SSSR count). The van der Waals surface area contributed by atoms with Crippen molar-refractivity contribution in [1.29, 1.82) is 0 Å². The smallest absolute Gasteiger partial charge is 0.268 e. The molecule has 1 aromatic carbocycles. The third kappa shape index (κ3) is 2.32. The number of β-amino-alcohol motifs (C(OH)–C–C–N with tert-alkyl or cyclic N) is 1. The van der Waals surface area contributed by atoms with E-state index < -0.39 is 12.2 Å². The topological polar surface area (TPSA) is 70.0 Å². The molecular weight excluding hydrogens is 234 g/mol. The summed E-state index contributed by atoms with van der Waals surface area (Å²) in [4.78, 5) is 13.7. The number of hydrogen-bond acceptors (Lipinski definition) is 4. The van der Waals surface area contributed by atoms with Gasteiger partial charge in [0.15, 0.2) is 6.10 Å². The van der Waals surface area contributed by atoms with Crippen LogP contribution in [0.4, 0.5) is 5.69 Å². The summed E-state index contributed by atoms with van der Waals surface area (Å²) < 4.78 is 5.60. The van der Waals surface area contributed by atoms with Gasteiger partial charge in [-0.3, -0.25) is 4.79 Å². The van der Waals surface area contributed by atoms with E-state index in [1.807, 2.05) is 13.0 Å². The van der Waals surface area contributed by atoms with Crippen molar-refractivity contribution in [3.8, 4) is 5.75 Å². The predicted molar refractivity (Wildman–Crippen MR) is 66.6 cm³/mol. The monoisotopic (exact) mass is 251 g/mol. The number of fused-ring (bicyclic) bond motifs is 1. The summed E-state index contributed by atoms with van der Waals surface area (Å²) in [6, 6.07) is 7.20. The van der Waals surface area contributed by atoms with Crippen LogP contribution in [0.5, 0.6) is 5.75 Å². The summed E-state index contributed by atoms with van der Waals surface area (Å²) in [7, 11) is 0. The van der Waals surface area contributed by atoms with Crippen LogP contribution in [0.3, 0.4) is 0 Å². The van der Waals surface area contributed by atoms with Crippen LogP contribution in [0.15, 0.2) is 24.3 Å². The molecule has 0 bridgehead atoms. The van der Waals surface area contributed by atoms with Crippen LogP contribution >= 0.6 is 0 Å². The number of amides is 1. The van der Waals surface area contributed by atoms with Crippen LogP contribution in [0.25, 0.3) is 0 Å². The molecule has 0 aliphatic carbocycles. The van der Waals surface area contributed by atoms with E-state index in [4.69, 9.17) is 9.84 Å². The average molecular weight is 251 g/mol. The number of benzene rings is 1. The Morgan fingerprint density at radius 1 is 1.44 bits per heavy atom. The lowest BCUT2D eigenvalue weighted by Crippen LogP contribution is -2.49. The number of aliphatic hydroxyl groups excluding tert-OH is 2. The van der Waals surface area contributed by atoms with Crippen LogP contribution in [-0.4, -0.2) is 41.5 Å². The number of para-hydroxylation sites is 2. The van der Waals surface area contributed by atoms with Gasteiger partial charge in [-0.15, -0.1) is 0 Å². The Morgan fingerprint density at radius 3 is 2.83 bits per heavy atom. The van der Waals surface area contributed by atoms with Crippen LogP contribution in [-0.2, 0) is 4.79 Å².